The minimum absolute atomic E-state index is 0.231. The van der Waals surface area contributed by atoms with E-state index >= 15 is 0 Å². The van der Waals surface area contributed by atoms with E-state index in [4.69, 9.17) is 0 Å². The first-order chi connectivity index (χ1) is 7.32. The van der Waals surface area contributed by atoms with Crippen molar-refractivity contribution >= 4 is 0 Å². The molecule has 1 fully saturated rings. The third-order valence-corrected chi connectivity index (χ3v) is 4.10. The third kappa shape index (κ3) is 2.15. The van der Waals surface area contributed by atoms with Crippen LogP contribution < -0.4 is 0 Å². The topological polar surface area (TPSA) is 20.2 Å². The van der Waals surface area contributed by atoms with Crippen LogP contribution in [0.5, 0.6) is 0 Å². The lowest BCUT2D eigenvalue weighted by Crippen LogP contribution is -2.42. The Labute approximate surface area is 99.6 Å². The molecule has 0 bridgehead atoms. The Hall–Kier alpha value is -0.820. The van der Waals surface area contributed by atoms with E-state index in [-0.39, 0.29) is 11.5 Å². The Morgan fingerprint density at radius 3 is 2.31 bits per heavy atom. The molecule has 1 saturated carbocycles. The molecule has 3 atom stereocenters. The second-order valence-corrected chi connectivity index (χ2v) is 5.50. The Balaban J connectivity index is 3.13. The normalized spacial score (nSPS) is 34.7. The number of hydrogen-bond acceptors (Lipinski definition) is 1. The first-order valence-corrected chi connectivity index (χ1v) is 5.95. The number of aliphatic hydroxyl groups is 1. The molecule has 0 aromatic rings. The fraction of sp³-hybridized carbons (Fsp3) is 0.600. The zero-order valence-electron chi connectivity index (χ0n) is 11.0. The minimum Gasteiger partial charge on any atom is -0.392 e. The maximum atomic E-state index is 10.3. The van der Waals surface area contributed by atoms with Gasteiger partial charge < -0.3 is 5.11 Å². The quantitative estimate of drug-likeness (QED) is 0.701. The van der Waals surface area contributed by atoms with E-state index in [1.54, 1.807) is 0 Å². The van der Waals surface area contributed by atoms with Crippen LogP contribution in [0.25, 0.3) is 0 Å². The second-order valence-electron chi connectivity index (χ2n) is 5.50. The van der Waals surface area contributed by atoms with Gasteiger partial charge >= 0.3 is 0 Å². The molecule has 0 aromatic carbocycles. The van der Waals surface area contributed by atoms with Crippen LogP contribution in [0.3, 0.4) is 0 Å². The standard InChI is InChI=1S/C15H24O/c1-7-15(6)13(11(4)5)8-12(10(2)3)9-14(15)16/h7,13-14,16H,1,4,8-9H2,2-3,5-6H3. The Morgan fingerprint density at radius 1 is 1.38 bits per heavy atom. The van der Waals surface area contributed by atoms with Crippen LogP contribution in [0.2, 0.25) is 0 Å². The van der Waals surface area contributed by atoms with E-state index in [0.717, 1.165) is 18.4 Å². The van der Waals surface area contributed by atoms with Crippen molar-refractivity contribution in [3.05, 3.63) is 36.0 Å². The average molecular weight is 220 g/mol. The van der Waals surface area contributed by atoms with Crippen LogP contribution in [-0.4, -0.2) is 11.2 Å². The highest BCUT2D eigenvalue weighted by Gasteiger charge is 2.42. The van der Waals surface area contributed by atoms with Gasteiger partial charge in [-0.1, -0.05) is 36.3 Å². The van der Waals surface area contributed by atoms with Crippen LogP contribution in [-0.2, 0) is 0 Å². The summed E-state index contributed by atoms with van der Waals surface area (Å²) in [5.41, 5.74) is 3.61. The van der Waals surface area contributed by atoms with Gasteiger partial charge in [0.05, 0.1) is 6.10 Å². The van der Waals surface area contributed by atoms with E-state index in [2.05, 4.69) is 33.9 Å². The van der Waals surface area contributed by atoms with Crippen LogP contribution in [0.4, 0.5) is 0 Å². The van der Waals surface area contributed by atoms with Crippen LogP contribution >= 0.6 is 0 Å². The molecule has 16 heavy (non-hydrogen) atoms. The van der Waals surface area contributed by atoms with Crippen LogP contribution in [0.15, 0.2) is 36.0 Å². The fourth-order valence-electron chi connectivity index (χ4n) is 2.63. The highest BCUT2D eigenvalue weighted by Crippen LogP contribution is 2.47. The van der Waals surface area contributed by atoms with Crippen molar-refractivity contribution in [3.63, 3.8) is 0 Å². The Bertz CT molecular complexity index is 333. The van der Waals surface area contributed by atoms with Crippen molar-refractivity contribution in [2.75, 3.05) is 0 Å². The van der Waals surface area contributed by atoms with Gasteiger partial charge in [0.2, 0.25) is 0 Å². The van der Waals surface area contributed by atoms with Crippen molar-refractivity contribution in [2.24, 2.45) is 11.3 Å². The van der Waals surface area contributed by atoms with Gasteiger partial charge in [-0.05, 0) is 39.5 Å². The first kappa shape index (κ1) is 13.2. The smallest absolute Gasteiger partial charge is 0.0671 e. The number of aliphatic hydroxyl groups excluding tert-OH is 1. The molecule has 1 rings (SSSR count). The van der Waals surface area contributed by atoms with Gasteiger partial charge in [0.25, 0.3) is 0 Å². The van der Waals surface area contributed by atoms with Crippen LogP contribution in [0, 0.1) is 11.3 Å². The summed E-state index contributed by atoms with van der Waals surface area (Å²) in [5, 5.41) is 10.3. The van der Waals surface area contributed by atoms with Gasteiger partial charge in [-0.25, -0.2) is 0 Å². The first-order valence-electron chi connectivity index (χ1n) is 5.95. The molecule has 0 spiro atoms. The van der Waals surface area contributed by atoms with Crippen molar-refractivity contribution in [1.29, 1.82) is 0 Å². The Morgan fingerprint density at radius 2 is 1.94 bits per heavy atom. The van der Waals surface area contributed by atoms with E-state index in [1.165, 1.54) is 11.1 Å². The van der Waals surface area contributed by atoms with Gasteiger partial charge in [0.15, 0.2) is 0 Å². The van der Waals surface area contributed by atoms with Gasteiger partial charge in [-0.3, -0.25) is 0 Å². The highest BCUT2D eigenvalue weighted by atomic mass is 16.3. The van der Waals surface area contributed by atoms with E-state index in [9.17, 15) is 5.11 Å². The second kappa shape index (κ2) is 4.58. The molecule has 0 heterocycles. The van der Waals surface area contributed by atoms with Crippen molar-refractivity contribution in [3.8, 4) is 0 Å². The number of hydrogen-bond donors (Lipinski definition) is 1. The molecule has 0 saturated heterocycles. The summed E-state index contributed by atoms with van der Waals surface area (Å²) in [4.78, 5) is 0. The third-order valence-electron chi connectivity index (χ3n) is 4.10. The van der Waals surface area contributed by atoms with Gasteiger partial charge in [0, 0.05) is 5.41 Å². The number of allylic oxidation sites excluding steroid dienone is 2. The summed E-state index contributed by atoms with van der Waals surface area (Å²) in [6.07, 6.45) is 3.34. The molecule has 0 aromatic heterocycles. The molecule has 0 amide bonds. The van der Waals surface area contributed by atoms with Gasteiger partial charge in [-0.2, -0.15) is 0 Å². The highest BCUT2D eigenvalue weighted by molar-refractivity contribution is 5.25. The van der Waals surface area contributed by atoms with E-state index < -0.39 is 0 Å². The summed E-state index contributed by atoms with van der Waals surface area (Å²) in [5.74, 6) is 0.304. The van der Waals surface area contributed by atoms with Crippen molar-refractivity contribution in [2.45, 2.75) is 46.6 Å². The largest absolute Gasteiger partial charge is 0.392 e. The lowest BCUT2D eigenvalue weighted by atomic mass is 9.62. The molecule has 1 aliphatic carbocycles. The lowest BCUT2D eigenvalue weighted by Gasteiger charge is -2.45. The monoisotopic (exact) mass is 220 g/mol. The fourth-order valence-corrected chi connectivity index (χ4v) is 2.63. The number of rotatable bonds is 2. The summed E-state index contributed by atoms with van der Waals surface area (Å²) in [6.45, 7) is 16.3. The molecular formula is C15H24O. The minimum atomic E-state index is -0.342. The zero-order valence-corrected chi connectivity index (χ0v) is 11.0. The van der Waals surface area contributed by atoms with Gasteiger partial charge in [-0.15, -0.1) is 6.58 Å². The maximum absolute atomic E-state index is 10.3. The predicted octanol–water partition coefficient (Wildman–Crippen LogP) is 3.86. The molecule has 1 aliphatic rings. The molecule has 90 valence electrons. The molecule has 0 radical (unpaired) electrons. The SMILES string of the molecule is C=CC1(C)C(O)CC(=C(C)C)CC1C(=C)C. The average Bonchev–Trinajstić information content (AvgIpc) is 2.20. The maximum Gasteiger partial charge on any atom is 0.0671 e. The molecular weight excluding hydrogens is 196 g/mol. The summed E-state index contributed by atoms with van der Waals surface area (Å²) < 4.78 is 0. The Kier molecular flexibility index (Phi) is 3.80. The molecule has 3 unspecified atom stereocenters. The predicted molar refractivity (Wildman–Crippen MR) is 70.2 cm³/mol. The lowest BCUT2D eigenvalue weighted by molar-refractivity contribution is 0.0217. The van der Waals surface area contributed by atoms with Crippen molar-refractivity contribution in [1.82, 2.24) is 0 Å². The van der Waals surface area contributed by atoms with E-state index in [1.807, 2.05) is 13.0 Å². The molecule has 1 heteroatoms. The summed E-state index contributed by atoms with van der Waals surface area (Å²) in [6, 6.07) is 0. The van der Waals surface area contributed by atoms with Crippen molar-refractivity contribution < 1.29 is 5.11 Å². The van der Waals surface area contributed by atoms with E-state index in [0.29, 0.717) is 5.92 Å². The zero-order chi connectivity index (χ0) is 12.5. The molecule has 1 nitrogen and oxygen atoms in total. The molecule has 0 aliphatic heterocycles. The molecule has 1 N–H and O–H groups in total. The summed E-state index contributed by atoms with van der Waals surface area (Å²) in [7, 11) is 0. The summed E-state index contributed by atoms with van der Waals surface area (Å²) >= 11 is 0. The van der Waals surface area contributed by atoms with Crippen LogP contribution in [0.1, 0.15) is 40.5 Å². The van der Waals surface area contributed by atoms with Gasteiger partial charge in [0.1, 0.15) is 0 Å².